The fourth-order valence-electron chi connectivity index (χ4n) is 4.45. The van der Waals surface area contributed by atoms with Crippen molar-refractivity contribution in [3.63, 3.8) is 0 Å². The second kappa shape index (κ2) is 7.58. The van der Waals surface area contributed by atoms with Crippen molar-refractivity contribution in [3.05, 3.63) is 41.5 Å². The number of carbonyl (C=O) groups excluding carboxylic acids is 1. The number of hydrogen-bond donors (Lipinski definition) is 0. The molecule has 1 aromatic rings. The van der Waals surface area contributed by atoms with E-state index in [4.69, 9.17) is 18.9 Å². The number of ether oxygens (including phenoxy) is 4. The molecule has 0 saturated heterocycles. The first-order chi connectivity index (χ1) is 12.2. The monoisotopic (exact) mass is 346 g/mol. The van der Waals surface area contributed by atoms with E-state index < -0.39 is 0 Å². The van der Waals surface area contributed by atoms with Gasteiger partial charge in [0.05, 0.1) is 26.7 Å². The van der Waals surface area contributed by atoms with Gasteiger partial charge >= 0.3 is 5.97 Å². The number of benzene rings is 1. The van der Waals surface area contributed by atoms with E-state index in [0.717, 1.165) is 25.0 Å². The van der Waals surface area contributed by atoms with Crippen LogP contribution in [0.4, 0.5) is 0 Å². The summed E-state index contributed by atoms with van der Waals surface area (Å²) in [7, 11) is 4.75. The van der Waals surface area contributed by atoms with Crippen molar-refractivity contribution in [1.29, 1.82) is 0 Å². The molecule has 0 N–H and O–H groups in total. The topological polar surface area (TPSA) is 54.0 Å². The Hall–Kier alpha value is -1.85. The maximum atomic E-state index is 12.3. The molecule has 2 aliphatic carbocycles. The van der Waals surface area contributed by atoms with Gasteiger partial charge in [-0.25, -0.2) is 0 Å². The van der Waals surface area contributed by atoms with Crippen LogP contribution in [0.3, 0.4) is 0 Å². The van der Waals surface area contributed by atoms with Gasteiger partial charge in [0, 0.05) is 12.5 Å². The van der Waals surface area contributed by atoms with Crippen LogP contribution in [0.25, 0.3) is 0 Å². The molecule has 0 aromatic heterocycles. The summed E-state index contributed by atoms with van der Waals surface area (Å²) in [5, 5.41) is 0. The Morgan fingerprint density at radius 3 is 2.84 bits per heavy atom. The van der Waals surface area contributed by atoms with E-state index >= 15 is 0 Å². The van der Waals surface area contributed by atoms with E-state index in [9.17, 15) is 4.79 Å². The second-order valence-electron chi connectivity index (χ2n) is 6.76. The van der Waals surface area contributed by atoms with Crippen molar-refractivity contribution in [1.82, 2.24) is 0 Å². The summed E-state index contributed by atoms with van der Waals surface area (Å²) in [6, 6.07) is 6.23. The van der Waals surface area contributed by atoms with Gasteiger partial charge in [-0.15, -0.1) is 0 Å². The lowest BCUT2D eigenvalue weighted by Crippen LogP contribution is -2.49. The van der Waals surface area contributed by atoms with E-state index in [0.29, 0.717) is 6.61 Å². The lowest BCUT2D eigenvalue weighted by molar-refractivity contribution is -0.148. The third-order valence-electron chi connectivity index (χ3n) is 5.58. The average Bonchev–Trinajstić information content (AvgIpc) is 2.66. The van der Waals surface area contributed by atoms with E-state index in [-0.39, 0.29) is 30.0 Å². The SMILES string of the molecule is COCOC[C@@]12CC=CC(C(=O)OC)[C@H]1CCc1cc(OC)ccc12. The molecule has 136 valence electrons. The van der Waals surface area contributed by atoms with Gasteiger partial charge in [0.15, 0.2) is 0 Å². The summed E-state index contributed by atoms with van der Waals surface area (Å²) < 4.78 is 21.3. The fraction of sp³-hybridized carbons (Fsp3) is 0.550. The highest BCUT2D eigenvalue weighted by atomic mass is 16.7. The van der Waals surface area contributed by atoms with Gasteiger partial charge in [-0.05, 0) is 48.4 Å². The zero-order valence-corrected chi connectivity index (χ0v) is 15.1. The first kappa shape index (κ1) is 18.0. The highest BCUT2D eigenvalue weighted by molar-refractivity contribution is 5.75. The number of methoxy groups -OCH3 is 3. The minimum atomic E-state index is -0.244. The Morgan fingerprint density at radius 1 is 1.28 bits per heavy atom. The highest BCUT2D eigenvalue weighted by Crippen LogP contribution is 2.51. The van der Waals surface area contributed by atoms with E-state index in [1.54, 1.807) is 14.2 Å². The van der Waals surface area contributed by atoms with Gasteiger partial charge in [-0.1, -0.05) is 18.2 Å². The normalized spacial score (nSPS) is 27.3. The second-order valence-corrected chi connectivity index (χ2v) is 6.76. The molecular weight excluding hydrogens is 320 g/mol. The molecule has 3 rings (SSSR count). The molecule has 0 aliphatic heterocycles. The largest absolute Gasteiger partial charge is 0.497 e. The van der Waals surface area contributed by atoms with Crippen LogP contribution in [0.2, 0.25) is 0 Å². The van der Waals surface area contributed by atoms with Gasteiger partial charge in [-0.3, -0.25) is 4.79 Å². The van der Waals surface area contributed by atoms with Crippen LogP contribution in [0.1, 0.15) is 24.0 Å². The van der Waals surface area contributed by atoms with Gasteiger partial charge in [0.1, 0.15) is 12.5 Å². The molecule has 1 unspecified atom stereocenters. The first-order valence-electron chi connectivity index (χ1n) is 8.65. The number of carbonyl (C=O) groups is 1. The smallest absolute Gasteiger partial charge is 0.312 e. The molecule has 0 saturated carbocycles. The molecular formula is C20H26O5. The Bertz CT molecular complexity index is 653. The fourth-order valence-corrected chi connectivity index (χ4v) is 4.45. The number of hydrogen-bond acceptors (Lipinski definition) is 5. The minimum absolute atomic E-state index is 0.155. The molecule has 0 heterocycles. The van der Waals surface area contributed by atoms with E-state index in [1.807, 2.05) is 12.1 Å². The van der Waals surface area contributed by atoms with Crippen LogP contribution >= 0.6 is 0 Å². The Labute approximate surface area is 148 Å². The lowest BCUT2D eigenvalue weighted by Gasteiger charge is -2.49. The number of esters is 1. The Kier molecular flexibility index (Phi) is 5.45. The molecule has 25 heavy (non-hydrogen) atoms. The van der Waals surface area contributed by atoms with E-state index in [2.05, 4.69) is 18.2 Å². The zero-order chi connectivity index (χ0) is 17.9. The highest BCUT2D eigenvalue weighted by Gasteiger charge is 2.50. The summed E-state index contributed by atoms with van der Waals surface area (Å²) in [4.78, 5) is 12.3. The maximum Gasteiger partial charge on any atom is 0.312 e. The number of rotatable bonds is 6. The van der Waals surface area contributed by atoms with E-state index in [1.165, 1.54) is 18.2 Å². The standard InChI is InChI=1S/C20H26O5/c1-22-13-25-12-20-10-4-5-16(19(21)24-3)18(20)8-6-14-11-15(23-2)7-9-17(14)20/h4-5,7,9,11,16,18H,6,8,10,12-13H2,1-3H3/t16?,18-,20-/m1/s1. The molecule has 0 bridgehead atoms. The van der Waals surface area contributed by atoms with Crippen LogP contribution in [0, 0.1) is 11.8 Å². The zero-order valence-electron chi connectivity index (χ0n) is 15.1. The molecule has 0 radical (unpaired) electrons. The quantitative estimate of drug-likeness (QED) is 0.343. The van der Waals surface area contributed by atoms with Crippen LogP contribution in [-0.4, -0.2) is 40.7 Å². The number of allylic oxidation sites excluding steroid dienone is 1. The van der Waals surface area contributed by atoms with Gasteiger partial charge < -0.3 is 18.9 Å². The van der Waals surface area contributed by atoms with Crippen LogP contribution in [0.5, 0.6) is 5.75 Å². The van der Waals surface area contributed by atoms with Crippen LogP contribution in [0.15, 0.2) is 30.4 Å². The molecule has 5 nitrogen and oxygen atoms in total. The minimum Gasteiger partial charge on any atom is -0.497 e. The number of aryl methyl sites for hydroxylation is 1. The summed E-state index contributed by atoms with van der Waals surface area (Å²) >= 11 is 0. The Balaban J connectivity index is 2.03. The van der Waals surface area contributed by atoms with Crippen molar-refractivity contribution in [2.45, 2.75) is 24.7 Å². The molecule has 1 aromatic carbocycles. The maximum absolute atomic E-state index is 12.3. The predicted molar refractivity (Wildman–Crippen MR) is 93.6 cm³/mol. The molecule has 0 spiro atoms. The van der Waals surface area contributed by atoms with Crippen molar-refractivity contribution in [2.75, 3.05) is 34.7 Å². The third kappa shape index (κ3) is 3.18. The van der Waals surface area contributed by atoms with Crippen molar-refractivity contribution < 1.29 is 23.7 Å². The average molecular weight is 346 g/mol. The van der Waals surface area contributed by atoms with Crippen LogP contribution in [-0.2, 0) is 30.8 Å². The summed E-state index contributed by atoms with van der Waals surface area (Å²) in [6.07, 6.45) is 6.77. The van der Waals surface area contributed by atoms with Gasteiger partial charge in [0.25, 0.3) is 0 Å². The molecule has 5 heteroatoms. The molecule has 0 fully saturated rings. The van der Waals surface area contributed by atoms with Gasteiger partial charge in [0.2, 0.25) is 0 Å². The summed E-state index contributed by atoms with van der Waals surface area (Å²) in [5.41, 5.74) is 2.28. The molecule has 2 aliphatic rings. The van der Waals surface area contributed by atoms with Crippen molar-refractivity contribution >= 4 is 5.97 Å². The van der Waals surface area contributed by atoms with Crippen molar-refractivity contribution in [2.24, 2.45) is 11.8 Å². The lowest BCUT2D eigenvalue weighted by atomic mass is 9.56. The van der Waals surface area contributed by atoms with Crippen molar-refractivity contribution in [3.8, 4) is 5.75 Å². The summed E-state index contributed by atoms with van der Waals surface area (Å²) in [6.45, 7) is 0.759. The van der Waals surface area contributed by atoms with Crippen LogP contribution < -0.4 is 4.74 Å². The molecule has 0 amide bonds. The predicted octanol–water partition coefficient (Wildman–Crippen LogP) is 2.87. The third-order valence-corrected chi connectivity index (χ3v) is 5.58. The Morgan fingerprint density at radius 2 is 2.12 bits per heavy atom. The van der Waals surface area contributed by atoms with Gasteiger partial charge in [-0.2, -0.15) is 0 Å². The molecule has 3 atom stereocenters. The number of fused-ring (bicyclic) bond motifs is 3. The first-order valence-corrected chi connectivity index (χ1v) is 8.65. The summed E-state index contributed by atoms with van der Waals surface area (Å²) in [5.74, 6) is 0.609.